The second-order valence-electron chi connectivity index (χ2n) is 3.10. The summed E-state index contributed by atoms with van der Waals surface area (Å²) in [7, 11) is 1.52. The van der Waals surface area contributed by atoms with Crippen molar-refractivity contribution in [2.24, 2.45) is 0 Å². The molecule has 3 heteroatoms. The Kier molecular flexibility index (Phi) is 1.71. The van der Waals surface area contributed by atoms with E-state index in [1.165, 1.54) is 30.9 Å². The Bertz CT molecular complexity index is 297. The van der Waals surface area contributed by atoms with Crippen molar-refractivity contribution in [3.05, 3.63) is 29.8 Å². The summed E-state index contributed by atoms with van der Waals surface area (Å²) < 4.78 is 14.3. The van der Waals surface area contributed by atoms with Crippen molar-refractivity contribution in [2.45, 2.75) is 18.8 Å². The van der Waals surface area contributed by atoms with Crippen molar-refractivity contribution in [3.8, 4) is 0 Å². The number of rotatable bonds is 2. The van der Waals surface area contributed by atoms with E-state index < -0.39 is 0 Å². The Morgan fingerprint density at radius 1 is 1.50 bits per heavy atom. The molecule has 12 heavy (non-hydrogen) atoms. The molecule has 1 aromatic heterocycles. The van der Waals surface area contributed by atoms with Crippen LogP contribution in [0.1, 0.15) is 24.3 Å². The van der Waals surface area contributed by atoms with Crippen LogP contribution in [0, 0.1) is 5.82 Å². The SMILES string of the molecule is CO[n+]1cc(F)cc(C2CC2)c1. The Morgan fingerprint density at radius 3 is 2.83 bits per heavy atom. The van der Waals surface area contributed by atoms with Crippen molar-refractivity contribution in [3.63, 3.8) is 0 Å². The van der Waals surface area contributed by atoms with E-state index in [1.54, 1.807) is 6.07 Å². The van der Waals surface area contributed by atoms with Crippen molar-refractivity contribution in [2.75, 3.05) is 7.11 Å². The number of hydrogen-bond donors (Lipinski definition) is 0. The van der Waals surface area contributed by atoms with Gasteiger partial charge in [-0.15, -0.1) is 0 Å². The molecule has 0 unspecified atom stereocenters. The van der Waals surface area contributed by atoms with Gasteiger partial charge in [0.15, 0.2) is 5.82 Å². The average molecular weight is 168 g/mol. The molecule has 0 N–H and O–H groups in total. The third kappa shape index (κ3) is 1.40. The lowest BCUT2D eigenvalue weighted by molar-refractivity contribution is -0.886. The number of hydrogen-bond acceptors (Lipinski definition) is 1. The predicted octanol–water partition coefficient (Wildman–Crippen LogP) is 1.05. The highest BCUT2D eigenvalue weighted by Gasteiger charge is 2.27. The fourth-order valence-electron chi connectivity index (χ4n) is 1.28. The van der Waals surface area contributed by atoms with Crippen LogP contribution in [0.15, 0.2) is 18.5 Å². The summed E-state index contributed by atoms with van der Waals surface area (Å²) in [6.07, 6.45) is 5.51. The van der Waals surface area contributed by atoms with Gasteiger partial charge >= 0.3 is 0 Å². The molecule has 0 bridgehead atoms. The number of aromatic nitrogens is 1. The Morgan fingerprint density at radius 2 is 2.25 bits per heavy atom. The molecule has 64 valence electrons. The lowest BCUT2D eigenvalue weighted by Crippen LogP contribution is -2.40. The van der Waals surface area contributed by atoms with Crippen LogP contribution < -0.4 is 9.57 Å². The van der Waals surface area contributed by atoms with Gasteiger partial charge in [-0.05, 0) is 24.8 Å². The summed E-state index contributed by atoms with van der Waals surface area (Å²) in [6.45, 7) is 0. The maximum absolute atomic E-state index is 12.9. The molecule has 1 aliphatic carbocycles. The second-order valence-corrected chi connectivity index (χ2v) is 3.10. The van der Waals surface area contributed by atoms with E-state index in [2.05, 4.69) is 0 Å². The molecular formula is C9H11FNO+. The van der Waals surface area contributed by atoms with E-state index in [4.69, 9.17) is 4.84 Å². The molecule has 1 heterocycles. The van der Waals surface area contributed by atoms with E-state index in [1.807, 2.05) is 6.20 Å². The lowest BCUT2D eigenvalue weighted by Gasteiger charge is -1.95. The summed E-state index contributed by atoms with van der Waals surface area (Å²) in [6, 6.07) is 1.58. The molecule has 0 saturated heterocycles. The van der Waals surface area contributed by atoms with Gasteiger partial charge in [-0.2, -0.15) is 0 Å². The zero-order valence-corrected chi connectivity index (χ0v) is 6.96. The molecule has 1 aromatic rings. The quantitative estimate of drug-likeness (QED) is 0.601. The van der Waals surface area contributed by atoms with E-state index in [0.29, 0.717) is 5.92 Å². The standard InChI is InChI=1S/C9H11FNO/c1-12-11-5-8(7-2-3-7)4-9(10)6-11/h4-7H,2-3H2,1H3/q+1. The van der Waals surface area contributed by atoms with Crippen molar-refractivity contribution in [1.29, 1.82) is 0 Å². The van der Waals surface area contributed by atoms with E-state index >= 15 is 0 Å². The fraction of sp³-hybridized carbons (Fsp3) is 0.444. The fourth-order valence-corrected chi connectivity index (χ4v) is 1.28. The number of pyridine rings is 1. The summed E-state index contributed by atoms with van der Waals surface area (Å²) in [5, 5.41) is 0. The largest absolute Gasteiger partial charge is 0.275 e. The van der Waals surface area contributed by atoms with Gasteiger partial charge in [0.05, 0.1) is 0 Å². The zero-order valence-electron chi connectivity index (χ0n) is 6.96. The molecule has 1 saturated carbocycles. The third-order valence-corrected chi connectivity index (χ3v) is 2.09. The van der Waals surface area contributed by atoms with Gasteiger partial charge in [0.2, 0.25) is 6.20 Å². The molecule has 2 nitrogen and oxygen atoms in total. The Hall–Kier alpha value is -1.12. The van der Waals surface area contributed by atoms with E-state index in [0.717, 1.165) is 5.56 Å². The summed E-state index contributed by atoms with van der Waals surface area (Å²) >= 11 is 0. The molecule has 1 aliphatic rings. The summed E-state index contributed by atoms with van der Waals surface area (Å²) in [4.78, 5) is 4.89. The van der Waals surface area contributed by atoms with Crippen molar-refractivity contribution in [1.82, 2.24) is 0 Å². The molecule has 0 atom stereocenters. The Balaban J connectivity index is 2.34. The first-order valence-electron chi connectivity index (χ1n) is 4.06. The first kappa shape index (κ1) is 7.53. The topological polar surface area (TPSA) is 13.1 Å². The number of halogens is 1. The van der Waals surface area contributed by atoms with Crippen LogP contribution in [0.3, 0.4) is 0 Å². The molecule has 2 rings (SSSR count). The minimum atomic E-state index is -0.235. The molecule has 1 fully saturated rings. The molecule has 0 aromatic carbocycles. The highest BCUT2D eigenvalue weighted by Crippen LogP contribution is 2.39. The van der Waals surface area contributed by atoms with Gasteiger partial charge in [0.1, 0.15) is 7.11 Å². The van der Waals surface area contributed by atoms with Gasteiger partial charge in [-0.25, -0.2) is 4.39 Å². The first-order chi connectivity index (χ1) is 5.79. The lowest BCUT2D eigenvalue weighted by atomic mass is 10.2. The normalized spacial score (nSPS) is 16.2. The predicted molar refractivity (Wildman–Crippen MR) is 41.1 cm³/mol. The van der Waals surface area contributed by atoms with Crippen LogP contribution in [0.25, 0.3) is 0 Å². The van der Waals surface area contributed by atoms with Crippen LogP contribution >= 0.6 is 0 Å². The van der Waals surface area contributed by atoms with Gasteiger partial charge in [0, 0.05) is 10.3 Å². The smallest absolute Gasteiger partial charge is 0.257 e. The molecule has 0 amide bonds. The first-order valence-corrected chi connectivity index (χ1v) is 4.06. The highest BCUT2D eigenvalue weighted by molar-refractivity contribution is 5.17. The minimum Gasteiger partial charge on any atom is -0.275 e. The summed E-state index contributed by atoms with van der Waals surface area (Å²) in [5.74, 6) is 0.323. The van der Waals surface area contributed by atoms with Gasteiger partial charge in [-0.3, -0.25) is 4.84 Å². The van der Waals surface area contributed by atoms with Crippen molar-refractivity contribution < 1.29 is 14.0 Å². The van der Waals surface area contributed by atoms with Crippen LogP contribution in [-0.2, 0) is 0 Å². The summed E-state index contributed by atoms with van der Waals surface area (Å²) in [5.41, 5.74) is 1.04. The van der Waals surface area contributed by atoms with Crippen LogP contribution in [-0.4, -0.2) is 7.11 Å². The molecular weight excluding hydrogens is 157 g/mol. The maximum Gasteiger partial charge on any atom is 0.257 e. The Labute approximate surface area is 70.5 Å². The van der Waals surface area contributed by atoms with Gasteiger partial charge in [0.25, 0.3) is 6.20 Å². The van der Waals surface area contributed by atoms with Gasteiger partial charge in [-0.1, -0.05) is 0 Å². The minimum absolute atomic E-state index is 0.235. The number of nitrogens with zero attached hydrogens (tertiary/aromatic N) is 1. The van der Waals surface area contributed by atoms with E-state index in [9.17, 15) is 4.39 Å². The molecule has 0 radical (unpaired) electrons. The third-order valence-electron chi connectivity index (χ3n) is 2.09. The molecule has 0 aliphatic heterocycles. The van der Waals surface area contributed by atoms with E-state index in [-0.39, 0.29) is 5.82 Å². The van der Waals surface area contributed by atoms with Crippen LogP contribution in [0.4, 0.5) is 4.39 Å². The highest BCUT2D eigenvalue weighted by atomic mass is 19.1. The van der Waals surface area contributed by atoms with Crippen molar-refractivity contribution >= 4 is 0 Å². The second kappa shape index (κ2) is 2.73. The monoisotopic (exact) mass is 168 g/mol. The van der Waals surface area contributed by atoms with Gasteiger partial charge < -0.3 is 0 Å². The van der Waals surface area contributed by atoms with Crippen LogP contribution in [0.2, 0.25) is 0 Å². The zero-order chi connectivity index (χ0) is 8.55. The van der Waals surface area contributed by atoms with Crippen LogP contribution in [0.5, 0.6) is 0 Å². The molecule has 0 spiro atoms. The maximum atomic E-state index is 12.9. The average Bonchev–Trinajstić information content (AvgIpc) is 2.85.